The SMILES string of the molecule is O=C(OC12CCCN(C1)/C(=C/c1ccc(Cl)cc1)C2)C1CCCCC1. The fraction of sp³-hybridized carbons (Fsp3) is 0.571. The summed E-state index contributed by atoms with van der Waals surface area (Å²) in [6, 6.07) is 7.92. The Labute approximate surface area is 155 Å². The summed E-state index contributed by atoms with van der Waals surface area (Å²) < 4.78 is 6.15. The van der Waals surface area contributed by atoms with Gasteiger partial charge in [0, 0.05) is 23.7 Å². The van der Waals surface area contributed by atoms with Crippen molar-refractivity contribution in [3.63, 3.8) is 0 Å². The molecule has 1 atom stereocenters. The minimum absolute atomic E-state index is 0.0503. The largest absolute Gasteiger partial charge is 0.457 e. The first-order chi connectivity index (χ1) is 12.1. The van der Waals surface area contributed by atoms with Crippen LogP contribution in [0.25, 0.3) is 6.08 Å². The van der Waals surface area contributed by atoms with Gasteiger partial charge in [-0.05, 0) is 49.5 Å². The van der Waals surface area contributed by atoms with E-state index >= 15 is 0 Å². The van der Waals surface area contributed by atoms with Gasteiger partial charge in [0.2, 0.25) is 0 Å². The zero-order valence-electron chi connectivity index (χ0n) is 14.7. The van der Waals surface area contributed by atoms with Gasteiger partial charge in [-0.15, -0.1) is 0 Å². The van der Waals surface area contributed by atoms with Crippen LogP contribution in [0.5, 0.6) is 0 Å². The number of benzene rings is 1. The summed E-state index contributed by atoms with van der Waals surface area (Å²) in [5.74, 6) is 0.178. The molecular weight excluding hydrogens is 334 g/mol. The maximum Gasteiger partial charge on any atom is 0.309 e. The molecule has 1 unspecified atom stereocenters. The van der Waals surface area contributed by atoms with Crippen LogP contribution in [-0.2, 0) is 9.53 Å². The average Bonchev–Trinajstić information content (AvgIpc) is 2.87. The Morgan fingerprint density at radius 1 is 1.16 bits per heavy atom. The van der Waals surface area contributed by atoms with E-state index in [0.717, 1.165) is 55.8 Å². The average molecular weight is 360 g/mol. The first-order valence-electron chi connectivity index (χ1n) is 9.58. The third kappa shape index (κ3) is 3.72. The van der Waals surface area contributed by atoms with E-state index in [0.29, 0.717) is 0 Å². The van der Waals surface area contributed by atoms with Crippen molar-refractivity contribution in [3.05, 3.63) is 40.5 Å². The molecule has 3 nitrogen and oxygen atoms in total. The summed E-state index contributed by atoms with van der Waals surface area (Å²) in [4.78, 5) is 15.1. The number of piperidine rings is 1. The second-order valence-electron chi connectivity index (χ2n) is 7.83. The lowest BCUT2D eigenvalue weighted by Gasteiger charge is -2.35. The first kappa shape index (κ1) is 17.0. The van der Waals surface area contributed by atoms with Gasteiger partial charge in [0.05, 0.1) is 12.5 Å². The Bertz CT molecular complexity index is 663. The van der Waals surface area contributed by atoms with Gasteiger partial charge in [-0.2, -0.15) is 0 Å². The van der Waals surface area contributed by atoms with E-state index in [1.165, 1.54) is 25.0 Å². The zero-order valence-corrected chi connectivity index (χ0v) is 15.4. The van der Waals surface area contributed by atoms with E-state index < -0.39 is 0 Å². The van der Waals surface area contributed by atoms with Crippen LogP contribution >= 0.6 is 11.6 Å². The van der Waals surface area contributed by atoms with Crippen LogP contribution in [-0.4, -0.2) is 29.6 Å². The molecule has 2 bridgehead atoms. The van der Waals surface area contributed by atoms with Crippen molar-refractivity contribution in [3.8, 4) is 0 Å². The topological polar surface area (TPSA) is 29.5 Å². The van der Waals surface area contributed by atoms with Crippen molar-refractivity contribution in [1.29, 1.82) is 0 Å². The molecule has 0 spiro atoms. The van der Waals surface area contributed by atoms with E-state index in [9.17, 15) is 4.79 Å². The van der Waals surface area contributed by atoms with Gasteiger partial charge in [0.15, 0.2) is 0 Å². The van der Waals surface area contributed by atoms with Crippen molar-refractivity contribution in [2.75, 3.05) is 13.1 Å². The van der Waals surface area contributed by atoms with Gasteiger partial charge in [-0.3, -0.25) is 4.79 Å². The standard InChI is InChI=1S/C21H26ClNO2/c22-18-9-7-16(8-10-18)13-19-14-21(11-4-12-23(19)15-21)25-20(24)17-5-2-1-3-6-17/h7-10,13,17H,1-6,11-12,14-15H2/b19-13+. The molecule has 1 aromatic rings. The molecule has 0 N–H and O–H groups in total. The third-order valence-electron chi connectivity index (χ3n) is 5.91. The Morgan fingerprint density at radius 3 is 2.68 bits per heavy atom. The molecule has 1 aromatic carbocycles. The summed E-state index contributed by atoms with van der Waals surface area (Å²) >= 11 is 5.98. The van der Waals surface area contributed by atoms with Crippen molar-refractivity contribution in [1.82, 2.24) is 4.90 Å². The van der Waals surface area contributed by atoms with E-state index in [4.69, 9.17) is 16.3 Å². The molecule has 4 heteroatoms. The fourth-order valence-corrected chi connectivity index (χ4v) is 4.70. The summed E-state index contributed by atoms with van der Waals surface area (Å²) in [7, 11) is 0. The molecule has 3 aliphatic rings. The summed E-state index contributed by atoms with van der Waals surface area (Å²) in [5, 5.41) is 0.755. The molecule has 0 radical (unpaired) electrons. The van der Waals surface area contributed by atoms with Crippen LogP contribution in [0.3, 0.4) is 0 Å². The van der Waals surface area contributed by atoms with Crippen LogP contribution in [0, 0.1) is 5.92 Å². The minimum atomic E-state index is -0.301. The Hall–Kier alpha value is -1.48. The molecule has 1 aliphatic carbocycles. The van der Waals surface area contributed by atoms with E-state index in [-0.39, 0.29) is 17.5 Å². The monoisotopic (exact) mass is 359 g/mol. The van der Waals surface area contributed by atoms with Gasteiger partial charge < -0.3 is 9.64 Å². The highest BCUT2D eigenvalue weighted by molar-refractivity contribution is 6.30. The molecule has 0 amide bonds. The molecule has 3 fully saturated rings. The molecule has 2 aliphatic heterocycles. The summed E-state index contributed by atoms with van der Waals surface area (Å²) in [6.07, 6.45) is 10.7. The molecule has 2 saturated heterocycles. The summed E-state index contributed by atoms with van der Waals surface area (Å²) in [5.41, 5.74) is 2.14. The van der Waals surface area contributed by atoms with Gasteiger partial charge in [-0.1, -0.05) is 43.0 Å². The number of halogens is 1. The Balaban J connectivity index is 1.49. The van der Waals surface area contributed by atoms with E-state index in [1.54, 1.807) is 0 Å². The van der Waals surface area contributed by atoms with E-state index in [1.807, 2.05) is 24.3 Å². The van der Waals surface area contributed by atoms with Crippen molar-refractivity contribution < 1.29 is 9.53 Å². The predicted molar refractivity (Wildman–Crippen MR) is 100 cm³/mol. The normalized spacial score (nSPS) is 28.4. The number of carbonyl (C=O) groups excluding carboxylic acids is 1. The second-order valence-corrected chi connectivity index (χ2v) is 8.26. The summed E-state index contributed by atoms with van der Waals surface area (Å²) in [6.45, 7) is 1.91. The van der Waals surface area contributed by atoms with Gasteiger partial charge in [0.25, 0.3) is 0 Å². The molecular formula is C21H26ClNO2. The van der Waals surface area contributed by atoms with Crippen molar-refractivity contribution in [2.45, 2.75) is 57.0 Å². The quantitative estimate of drug-likeness (QED) is 0.708. The molecule has 0 aromatic heterocycles. The molecule has 1 saturated carbocycles. The van der Waals surface area contributed by atoms with Crippen LogP contribution < -0.4 is 0 Å². The Kier molecular flexibility index (Phi) is 4.77. The van der Waals surface area contributed by atoms with Crippen molar-refractivity contribution in [2.24, 2.45) is 5.92 Å². The first-order valence-corrected chi connectivity index (χ1v) is 9.95. The predicted octanol–water partition coefficient (Wildman–Crippen LogP) is 5.04. The highest BCUT2D eigenvalue weighted by Crippen LogP contribution is 2.42. The number of nitrogens with zero attached hydrogens (tertiary/aromatic N) is 1. The number of rotatable bonds is 3. The van der Waals surface area contributed by atoms with Crippen molar-refractivity contribution >= 4 is 23.6 Å². The number of hydrogen-bond donors (Lipinski definition) is 0. The van der Waals surface area contributed by atoms with Gasteiger partial charge in [0.1, 0.15) is 5.60 Å². The van der Waals surface area contributed by atoms with Gasteiger partial charge in [-0.25, -0.2) is 0 Å². The third-order valence-corrected chi connectivity index (χ3v) is 6.16. The molecule has 4 rings (SSSR count). The maximum atomic E-state index is 12.7. The Morgan fingerprint density at radius 2 is 1.92 bits per heavy atom. The van der Waals surface area contributed by atoms with E-state index in [2.05, 4.69) is 11.0 Å². The van der Waals surface area contributed by atoms with Crippen LogP contribution in [0.1, 0.15) is 56.9 Å². The lowest BCUT2D eigenvalue weighted by atomic mass is 9.88. The molecule has 134 valence electrons. The second kappa shape index (κ2) is 7.03. The minimum Gasteiger partial charge on any atom is -0.457 e. The van der Waals surface area contributed by atoms with Crippen LogP contribution in [0.4, 0.5) is 0 Å². The van der Waals surface area contributed by atoms with Crippen LogP contribution in [0.15, 0.2) is 30.0 Å². The van der Waals surface area contributed by atoms with Gasteiger partial charge >= 0.3 is 5.97 Å². The zero-order chi connectivity index (χ0) is 17.3. The number of fused-ring (bicyclic) bond motifs is 2. The lowest BCUT2D eigenvalue weighted by Crippen LogP contribution is -2.43. The highest BCUT2D eigenvalue weighted by atomic mass is 35.5. The number of esters is 1. The lowest BCUT2D eigenvalue weighted by molar-refractivity contribution is -0.167. The number of carbonyl (C=O) groups is 1. The molecule has 25 heavy (non-hydrogen) atoms. The molecule has 2 heterocycles. The number of ether oxygens (including phenoxy) is 1. The van der Waals surface area contributed by atoms with Crippen LogP contribution in [0.2, 0.25) is 5.02 Å². The fourth-order valence-electron chi connectivity index (χ4n) is 4.58. The number of hydrogen-bond acceptors (Lipinski definition) is 3. The maximum absolute atomic E-state index is 12.7. The smallest absolute Gasteiger partial charge is 0.309 e. The highest BCUT2D eigenvalue weighted by Gasteiger charge is 2.47.